The maximum Gasteiger partial charge on any atom is 0.127 e. The van der Waals surface area contributed by atoms with E-state index in [9.17, 15) is 0 Å². The van der Waals surface area contributed by atoms with Gasteiger partial charge < -0.3 is 14.8 Å². The first-order chi connectivity index (χ1) is 10.8. The Morgan fingerprint density at radius 3 is 2.64 bits per heavy atom. The van der Waals surface area contributed by atoms with Crippen LogP contribution in [0.5, 0.6) is 11.5 Å². The van der Waals surface area contributed by atoms with E-state index in [-0.39, 0.29) is 0 Å². The number of hydrogen-bond acceptors (Lipinski definition) is 4. The normalized spacial score (nSPS) is 21.0. The third-order valence-electron chi connectivity index (χ3n) is 3.66. The first kappa shape index (κ1) is 15.4. The molecule has 1 aliphatic rings. The molecule has 1 heterocycles. The van der Waals surface area contributed by atoms with Crippen LogP contribution in [-0.4, -0.2) is 24.4 Å². The fraction of sp³-hybridized carbons (Fsp3) is 0.333. The summed E-state index contributed by atoms with van der Waals surface area (Å²) in [7, 11) is 0. The molecule has 0 bridgehead atoms. The number of nitrogens with one attached hydrogen (secondary N) is 1. The third kappa shape index (κ3) is 4.50. The number of ether oxygens (including phenoxy) is 2. The molecule has 1 saturated heterocycles. The molecule has 0 aromatic heterocycles. The molecular formula is C18H21NO2S. The lowest BCUT2D eigenvalue weighted by Crippen LogP contribution is -2.26. The molecule has 22 heavy (non-hydrogen) atoms. The summed E-state index contributed by atoms with van der Waals surface area (Å²) in [6.45, 7) is 2.29. The molecule has 0 saturated carbocycles. The monoisotopic (exact) mass is 315 g/mol. The molecule has 116 valence electrons. The third-order valence-corrected chi connectivity index (χ3v) is 4.06. The zero-order valence-electron chi connectivity index (χ0n) is 12.4. The Kier molecular flexibility index (Phi) is 5.38. The van der Waals surface area contributed by atoms with Crippen LogP contribution in [0.15, 0.2) is 54.6 Å². The number of rotatable bonds is 6. The van der Waals surface area contributed by atoms with Crippen LogP contribution in [0.1, 0.15) is 12.0 Å². The Bertz CT molecular complexity index is 591. The van der Waals surface area contributed by atoms with Gasteiger partial charge >= 0.3 is 0 Å². The number of hydrogen-bond donors (Lipinski definition) is 2. The van der Waals surface area contributed by atoms with Crippen LogP contribution < -0.4 is 10.1 Å². The van der Waals surface area contributed by atoms with Gasteiger partial charge in [-0.05, 0) is 36.2 Å². The van der Waals surface area contributed by atoms with Crippen molar-refractivity contribution in [1.82, 2.24) is 5.32 Å². The minimum absolute atomic E-state index is 0.422. The van der Waals surface area contributed by atoms with E-state index in [0.717, 1.165) is 36.6 Å². The number of para-hydroxylation sites is 1. The summed E-state index contributed by atoms with van der Waals surface area (Å²) in [5.41, 5.74) is 1.12. The molecule has 2 aromatic rings. The Labute approximate surface area is 137 Å². The van der Waals surface area contributed by atoms with Gasteiger partial charge in [-0.2, -0.15) is 12.6 Å². The Balaban J connectivity index is 1.50. The average Bonchev–Trinajstić information content (AvgIpc) is 2.94. The molecule has 2 unspecified atom stereocenters. The quantitative estimate of drug-likeness (QED) is 0.798. The van der Waals surface area contributed by atoms with Crippen LogP contribution in [0.2, 0.25) is 0 Å². The highest BCUT2D eigenvalue weighted by Crippen LogP contribution is 2.22. The minimum atomic E-state index is 0.422. The van der Waals surface area contributed by atoms with Crippen LogP contribution >= 0.6 is 12.6 Å². The molecule has 0 spiro atoms. The van der Waals surface area contributed by atoms with Crippen LogP contribution in [0, 0.1) is 0 Å². The van der Waals surface area contributed by atoms with E-state index in [1.807, 2.05) is 48.5 Å². The maximum absolute atomic E-state index is 5.83. The zero-order chi connectivity index (χ0) is 15.2. The lowest BCUT2D eigenvalue weighted by Gasteiger charge is -2.12. The van der Waals surface area contributed by atoms with Crippen LogP contribution in [0.3, 0.4) is 0 Å². The van der Waals surface area contributed by atoms with Gasteiger partial charge in [-0.1, -0.05) is 30.3 Å². The Morgan fingerprint density at radius 1 is 1.05 bits per heavy atom. The van der Waals surface area contributed by atoms with Crippen molar-refractivity contribution in [2.24, 2.45) is 0 Å². The van der Waals surface area contributed by atoms with E-state index in [2.05, 4.69) is 24.0 Å². The fourth-order valence-corrected chi connectivity index (χ4v) is 2.93. The standard InChI is InChI=1S/C18H21NO2S/c22-18-10-15(19-11-18)13-20-12-14-5-4-8-17(9-14)21-16-6-2-1-3-7-16/h1-9,15,18-19,22H,10-13H2. The van der Waals surface area contributed by atoms with Gasteiger partial charge in [0, 0.05) is 17.8 Å². The molecule has 0 radical (unpaired) electrons. The second kappa shape index (κ2) is 7.68. The summed E-state index contributed by atoms with van der Waals surface area (Å²) in [5, 5.41) is 3.87. The summed E-state index contributed by atoms with van der Waals surface area (Å²) in [4.78, 5) is 0. The van der Waals surface area contributed by atoms with E-state index in [1.165, 1.54) is 0 Å². The van der Waals surface area contributed by atoms with Gasteiger partial charge in [0.15, 0.2) is 0 Å². The fourth-order valence-electron chi connectivity index (χ4n) is 2.57. The van der Waals surface area contributed by atoms with Crippen molar-refractivity contribution in [2.75, 3.05) is 13.2 Å². The second-order valence-corrected chi connectivity index (χ2v) is 6.30. The molecule has 3 nitrogen and oxygen atoms in total. The predicted octanol–water partition coefficient (Wildman–Crippen LogP) is 3.66. The van der Waals surface area contributed by atoms with E-state index in [0.29, 0.717) is 17.9 Å². The lowest BCUT2D eigenvalue weighted by molar-refractivity contribution is 0.103. The summed E-state index contributed by atoms with van der Waals surface area (Å²) in [6, 6.07) is 18.3. The summed E-state index contributed by atoms with van der Waals surface area (Å²) < 4.78 is 11.6. The molecule has 0 amide bonds. The highest BCUT2D eigenvalue weighted by Gasteiger charge is 2.20. The summed E-state index contributed by atoms with van der Waals surface area (Å²) >= 11 is 4.47. The smallest absolute Gasteiger partial charge is 0.127 e. The van der Waals surface area contributed by atoms with Crippen molar-refractivity contribution in [3.05, 3.63) is 60.2 Å². The molecule has 1 aliphatic heterocycles. The van der Waals surface area contributed by atoms with Crippen molar-refractivity contribution in [1.29, 1.82) is 0 Å². The van der Waals surface area contributed by atoms with Crippen LogP contribution in [0.25, 0.3) is 0 Å². The molecule has 3 rings (SSSR count). The Morgan fingerprint density at radius 2 is 1.86 bits per heavy atom. The first-order valence-corrected chi connectivity index (χ1v) is 8.12. The van der Waals surface area contributed by atoms with Gasteiger partial charge in [-0.3, -0.25) is 0 Å². The molecule has 1 fully saturated rings. The van der Waals surface area contributed by atoms with Crippen LogP contribution in [-0.2, 0) is 11.3 Å². The molecule has 2 aromatic carbocycles. The number of benzene rings is 2. The maximum atomic E-state index is 5.83. The van der Waals surface area contributed by atoms with Crippen LogP contribution in [0.4, 0.5) is 0 Å². The molecule has 0 aliphatic carbocycles. The van der Waals surface area contributed by atoms with E-state index in [4.69, 9.17) is 9.47 Å². The second-order valence-electron chi connectivity index (χ2n) is 5.57. The average molecular weight is 315 g/mol. The lowest BCUT2D eigenvalue weighted by atomic mass is 10.2. The molecule has 1 N–H and O–H groups in total. The van der Waals surface area contributed by atoms with E-state index in [1.54, 1.807) is 0 Å². The molecule has 2 atom stereocenters. The van der Waals surface area contributed by atoms with Crippen molar-refractivity contribution in [3.8, 4) is 11.5 Å². The van der Waals surface area contributed by atoms with Crippen molar-refractivity contribution < 1.29 is 9.47 Å². The zero-order valence-corrected chi connectivity index (χ0v) is 13.3. The van der Waals surface area contributed by atoms with Gasteiger partial charge in [0.1, 0.15) is 11.5 Å². The van der Waals surface area contributed by atoms with Gasteiger partial charge in [0.2, 0.25) is 0 Å². The first-order valence-electron chi connectivity index (χ1n) is 7.60. The van der Waals surface area contributed by atoms with E-state index >= 15 is 0 Å². The molecule has 4 heteroatoms. The largest absolute Gasteiger partial charge is 0.457 e. The van der Waals surface area contributed by atoms with Crippen molar-refractivity contribution >= 4 is 12.6 Å². The number of thiol groups is 1. The summed E-state index contributed by atoms with van der Waals surface area (Å²) in [5.74, 6) is 1.68. The molecular weight excluding hydrogens is 294 g/mol. The van der Waals surface area contributed by atoms with Gasteiger partial charge in [0.25, 0.3) is 0 Å². The highest BCUT2D eigenvalue weighted by molar-refractivity contribution is 7.81. The predicted molar refractivity (Wildman–Crippen MR) is 91.8 cm³/mol. The topological polar surface area (TPSA) is 30.5 Å². The van der Waals surface area contributed by atoms with E-state index < -0.39 is 0 Å². The van der Waals surface area contributed by atoms with Crippen molar-refractivity contribution in [3.63, 3.8) is 0 Å². The SMILES string of the molecule is SC1CNC(COCc2cccc(Oc3ccccc3)c2)C1. The van der Waals surface area contributed by atoms with Gasteiger partial charge in [0.05, 0.1) is 13.2 Å². The van der Waals surface area contributed by atoms with Gasteiger partial charge in [-0.25, -0.2) is 0 Å². The Hall–Kier alpha value is -1.49. The summed E-state index contributed by atoms with van der Waals surface area (Å²) in [6.07, 6.45) is 1.07. The van der Waals surface area contributed by atoms with Gasteiger partial charge in [-0.15, -0.1) is 0 Å². The minimum Gasteiger partial charge on any atom is -0.457 e. The highest BCUT2D eigenvalue weighted by atomic mass is 32.1. The van der Waals surface area contributed by atoms with Crippen molar-refractivity contribution in [2.45, 2.75) is 24.3 Å².